The van der Waals surface area contributed by atoms with E-state index in [1.807, 2.05) is 18.2 Å². The zero-order valence-corrected chi connectivity index (χ0v) is 14.0. The maximum atomic E-state index is 11.4. The largest absolute Gasteiger partial charge is 0.493 e. The highest BCUT2D eigenvalue weighted by atomic mass is 32.2. The highest BCUT2D eigenvalue weighted by molar-refractivity contribution is 7.89. The molecule has 0 saturated heterocycles. The van der Waals surface area contributed by atoms with Gasteiger partial charge in [0.25, 0.3) is 0 Å². The van der Waals surface area contributed by atoms with E-state index in [4.69, 9.17) is 4.74 Å². The summed E-state index contributed by atoms with van der Waals surface area (Å²) in [4.78, 5) is 0. The average Bonchev–Trinajstić information content (AvgIpc) is 2.25. The molecule has 114 valence electrons. The molecule has 4 heteroatoms. The third kappa shape index (κ3) is 5.53. The average molecular weight is 298 g/mol. The molecular weight excluding hydrogens is 272 g/mol. The Labute approximate surface area is 123 Å². The van der Waals surface area contributed by atoms with Crippen LogP contribution in [0, 0.1) is 0 Å². The highest BCUT2D eigenvalue weighted by Crippen LogP contribution is 2.32. The Hall–Kier alpha value is -1.03. The summed E-state index contributed by atoms with van der Waals surface area (Å²) in [5.41, 5.74) is 1.88. The second-order valence-electron chi connectivity index (χ2n) is 6.35. The maximum absolute atomic E-state index is 11.4. The summed E-state index contributed by atoms with van der Waals surface area (Å²) >= 11 is 0. The molecule has 0 atom stereocenters. The maximum Gasteiger partial charge on any atom is 0.151 e. The van der Waals surface area contributed by atoms with Gasteiger partial charge in [0.05, 0.1) is 12.4 Å². The van der Waals surface area contributed by atoms with Crippen LogP contribution in [-0.2, 0) is 21.0 Å². The molecule has 20 heavy (non-hydrogen) atoms. The van der Waals surface area contributed by atoms with Gasteiger partial charge in [-0.05, 0) is 29.0 Å². The topological polar surface area (TPSA) is 43.4 Å². The quantitative estimate of drug-likeness (QED) is 0.752. The van der Waals surface area contributed by atoms with Crippen LogP contribution in [-0.4, -0.2) is 21.3 Å². The van der Waals surface area contributed by atoms with E-state index < -0.39 is 9.84 Å². The Morgan fingerprint density at radius 2 is 1.85 bits per heavy atom. The van der Waals surface area contributed by atoms with Gasteiger partial charge in [0, 0.05) is 6.26 Å². The van der Waals surface area contributed by atoms with Gasteiger partial charge in [-0.15, -0.1) is 0 Å². The summed E-state index contributed by atoms with van der Waals surface area (Å²) in [6.07, 6.45) is 3.33. The summed E-state index contributed by atoms with van der Waals surface area (Å²) in [5.74, 6) is 0.869. The van der Waals surface area contributed by atoms with Crippen molar-refractivity contribution in [1.82, 2.24) is 0 Å². The summed E-state index contributed by atoms with van der Waals surface area (Å²) in [6, 6.07) is 5.74. The lowest BCUT2D eigenvalue weighted by Gasteiger charge is -2.23. The van der Waals surface area contributed by atoms with E-state index in [2.05, 4.69) is 27.7 Å². The van der Waals surface area contributed by atoms with E-state index in [0.717, 1.165) is 29.7 Å². The Balaban J connectivity index is 3.08. The first-order valence-electron chi connectivity index (χ1n) is 7.07. The SMILES string of the molecule is CCCCOc1cc(CS(C)(=O)=O)ccc1C(C)(C)C. The monoisotopic (exact) mass is 298 g/mol. The van der Waals surface area contributed by atoms with Crippen molar-refractivity contribution in [3.8, 4) is 5.75 Å². The van der Waals surface area contributed by atoms with Crippen LogP contribution in [0.3, 0.4) is 0 Å². The Bertz CT molecular complexity index is 539. The van der Waals surface area contributed by atoms with E-state index in [1.165, 1.54) is 6.26 Å². The second-order valence-corrected chi connectivity index (χ2v) is 8.49. The zero-order chi connectivity index (χ0) is 15.4. The standard InChI is InChI=1S/C16H26O3S/c1-6-7-10-19-15-11-13(12-20(5,17)18)8-9-14(15)16(2,3)4/h8-9,11H,6-7,10,12H2,1-5H3. The molecule has 1 aromatic rings. The number of ether oxygens (including phenoxy) is 1. The molecule has 1 aromatic carbocycles. The lowest BCUT2D eigenvalue weighted by atomic mass is 9.86. The van der Waals surface area contributed by atoms with Gasteiger partial charge in [-0.1, -0.05) is 46.2 Å². The predicted octanol–water partition coefficient (Wildman–Crippen LogP) is 3.71. The minimum absolute atomic E-state index is 0.0227. The Morgan fingerprint density at radius 1 is 1.20 bits per heavy atom. The van der Waals surface area contributed by atoms with Crippen LogP contribution < -0.4 is 4.74 Å². The number of hydrogen-bond acceptors (Lipinski definition) is 3. The van der Waals surface area contributed by atoms with Crippen molar-refractivity contribution in [3.05, 3.63) is 29.3 Å². The number of benzene rings is 1. The summed E-state index contributed by atoms with van der Waals surface area (Å²) in [5, 5.41) is 0. The lowest BCUT2D eigenvalue weighted by Crippen LogP contribution is -2.14. The van der Waals surface area contributed by atoms with Gasteiger partial charge in [0.1, 0.15) is 5.75 Å². The molecule has 0 aliphatic heterocycles. The van der Waals surface area contributed by atoms with E-state index in [9.17, 15) is 8.42 Å². The van der Waals surface area contributed by atoms with Crippen LogP contribution in [0.2, 0.25) is 0 Å². The molecule has 0 fully saturated rings. The van der Waals surface area contributed by atoms with E-state index in [0.29, 0.717) is 6.61 Å². The fourth-order valence-corrected chi connectivity index (χ4v) is 2.81. The minimum atomic E-state index is -3.02. The molecule has 0 amide bonds. The van der Waals surface area contributed by atoms with E-state index in [-0.39, 0.29) is 11.2 Å². The van der Waals surface area contributed by atoms with Gasteiger partial charge in [0.15, 0.2) is 9.84 Å². The van der Waals surface area contributed by atoms with Crippen LogP contribution in [0.25, 0.3) is 0 Å². The van der Waals surface area contributed by atoms with E-state index >= 15 is 0 Å². The van der Waals surface area contributed by atoms with Crippen LogP contribution in [0.4, 0.5) is 0 Å². The van der Waals surface area contributed by atoms with Crippen molar-refractivity contribution in [1.29, 1.82) is 0 Å². The molecule has 0 aliphatic rings. The van der Waals surface area contributed by atoms with Crippen molar-refractivity contribution in [3.63, 3.8) is 0 Å². The van der Waals surface area contributed by atoms with Gasteiger partial charge in [-0.3, -0.25) is 0 Å². The van der Waals surface area contributed by atoms with Crippen molar-refractivity contribution in [2.45, 2.75) is 51.7 Å². The number of hydrogen-bond donors (Lipinski definition) is 0. The van der Waals surface area contributed by atoms with Crippen molar-refractivity contribution < 1.29 is 13.2 Å². The second kappa shape index (κ2) is 6.61. The summed E-state index contributed by atoms with van der Waals surface area (Å²) in [6.45, 7) is 9.18. The first-order valence-corrected chi connectivity index (χ1v) is 9.13. The normalized spacial score (nSPS) is 12.4. The Kier molecular flexibility index (Phi) is 5.63. The molecular formula is C16H26O3S. The molecule has 0 saturated carbocycles. The van der Waals surface area contributed by atoms with Gasteiger partial charge >= 0.3 is 0 Å². The molecule has 0 N–H and O–H groups in total. The highest BCUT2D eigenvalue weighted by Gasteiger charge is 2.20. The molecule has 0 bridgehead atoms. The van der Waals surface area contributed by atoms with E-state index in [1.54, 1.807) is 0 Å². The zero-order valence-electron chi connectivity index (χ0n) is 13.2. The lowest BCUT2D eigenvalue weighted by molar-refractivity contribution is 0.301. The number of unbranched alkanes of at least 4 members (excludes halogenated alkanes) is 1. The van der Waals surface area contributed by atoms with Crippen LogP contribution in [0.5, 0.6) is 5.75 Å². The minimum Gasteiger partial charge on any atom is -0.493 e. The third-order valence-corrected chi connectivity index (χ3v) is 3.90. The van der Waals surface area contributed by atoms with Crippen LogP contribution in [0.15, 0.2) is 18.2 Å². The van der Waals surface area contributed by atoms with Gasteiger partial charge in [0.2, 0.25) is 0 Å². The molecule has 0 unspecified atom stereocenters. The van der Waals surface area contributed by atoms with Gasteiger partial charge in [-0.2, -0.15) is 0 Å². The Morgan fingerprint density at radius 3 is 2.35 bits per heavy atom. The molecule has 3 nitrogen and oxygen atoms in total. The third-order valence-electron chi connectivity index (χ3n) is 3.04. The number of sulfone groups is 1. The molecule has 0 radical (unpaired) electrons. The first kappa shape index (κ1) is 17.0. The fraction of sp³-hybridized carbons (Fsp3) is 0.625. The molecule has 0 heterocycles. The molecule has 0 aromatic heterocycles. The van der Waals surface area contributed by atoms with Crippen molar-refractivity contribution in [2.24, 2.45) is 0 Å². The van der Waals surface area contributed by atoms with Crippen LogP contribution >= 0.6 is 0 Å². The molecule has 0 spiro atoms. The van der Waals surface area contributed by atoms with Crippen molar-refractivity contribution in [2.75, 3.05) is 12.9 Å². The predicted molar refractivity (Wildman–Crippen MR) is 84.1 cm³/mol. The smallest absolute Gasteiger partial charge is 0.151 e. The summed E-state index contributed by atoms with van der Waals surface area (Å²) in [7, 11) is -3.02. The first-order chi connectivity index (χ1) is 9.13. The van der Waals surface area contributed by atoms with Crippen LogP contribution in [0.1, 0.15) is 51.7 Å². The summed E-state index contributed by atoms with van der Waals surface area (Å²) < 4.78 is 28.7. The molecule has 0 aliphatic carbocycles. The number of rotatable bonds is 6. The fourth-order valence-electron chi connectivity index (χ4n) is 2.02. The van der Waals surface area contributed by atoms with Gasteiger partial charge in [-0.25, -0.2) is 8.42 Å². The molecule has 1 rings (SSSR count). The van der Waals surface area contributed by atoms with Gasteiger partial charge < -0.3 is 4.74 Å². The van der Waals surface area contributed by atoms with Crippen molar-refractivity contribution >= 4 is 9.84 Å².